The van der Waals surface area contributed by atoms with Crippen molar-refractivity contribution in [3.8, 4) is 0 Å². The third kappa shape index (κ3) is 3.38. The number of aryl methyl sites for hydroxylation is 2. The summed E-state index contributed by atoms with van der Waals surface area (Å²) in [5, 5.41) is 4.25. The molecule has 108 valence electrons. The molecule has 1 heterocycles. The van der Waals surface area contributed by atoms with Crippen molar-refractivity contribution in [3.63, 3.8) is 0 Å². The summed E-state index contributed by atoms with van der Waals surface area (Å²) in [6, 6.07) is 2.50. The van der Waals surface area contributed by atoms with Gasteiger partial charge in [0.1, 0.15) is 0 Å². The van der Waals surface area contributed by atoms with E-state index in [1.807, 2.05) is 17.9 Å². The predicted octanol–water partition coefficient (Wildman–Crippen LogP) is 3.14. The van der Waals surface area contributed by atoms with Gasteiger partial charge >= 0.3 is 0 Å². The minimum absolute atomic E-state index is 0.323. The highest BCUT2D eigenvalue weighted by molar-refractivity contribution is 5.01. The largest absolute Gasteiger partial charge is 0.327 e. The second kappa shape index (κ2) is 5.66. The van der Waals surface area contributed by atoms with Gasteiger partial charge in [-0.1, -0.05) is 27.2 Å². The maximum atomic E-state index is 6.42. The topological polar surface area (TPSA) is 43.8 Å². The van der Waals surface area contributed by atoms with Crippen molar-refractivity contribution in [3.05, 3.63) is 18.0 Å². The molecular weight excluding hydrogens is 234 g/mol. The van der Waals surface area contributed by atoms with E-state index in [1.54, 1.807) is 0 Å². The average Bonchev–Trinajstić information content (AvgIpc) is 2.72. The SMILES string of the molecule is CC1CCC(C(C)(C)CCc2ccnn2C)C(N)C1. The van der Waals surface area contributed by atoms with Crippen LogP contribution in [0.5, 0.6) is 0 Å². The molecule has 3 unspecified atom stereocenters. The number of aromatic nitrogens is 2. The van der Waals surface area contributed by atoms with Gasteiger partial charge in [0.2, 0.25) is 0 Å². The molecule has 0 aromatic carbocycles. The Hall–Kier alpha value is -0.830. The van der Waals surface area contributed by atoms with Crippen LogP contribution in [0.4, 0.5) is 0 Å². The first kappa shape index (κ1) is 14.6. The lowest BCUT2D eigenvalue weighted by atomic mass is 9.65. The fourth-order valence-electron chi connectivity index (χ4n) is 3.68. The molecule has 3 heteroatoms. The van der Waals surface area contributed by atoms with Crippen LogP contribution >= 0.6 is 0 Å². The quantitative estimate of drug-likeness (QED) is 0.907. The van der Waals surface area contributed by atoms with E-state index in [9.17, 15) is 0 Å². The number of nitrogens with two attached hydrogens (primary N) is 1. The summed E-state index contributed by atoms with van der Waals surface area (Å²) >= 11 is 0. The molecule has 2 N–H and O–H groups in total. The highest BCUT2D eigenvalue weighted by Crippen LogP contribution is 2.42. The van der Waals surface area contributed by atoms with Gasteiger partial charge in [-0.15, -0.1) is 0 Å². The van der Waals surface area contributed by atoms with Gasteiger partial charge in [0.05, 0.1) is 0 Å². The zero-order valence-electron chi connectivity index (χ0n) is 12.9. The maximum Gasteiger partial charge on any atom is 0.0492 e. The third-order valence-corrected chi connectivity index (χ3v) is 5.11. The van der Waals surface area contributed by atoms with Gasteiger partial charge in [-0.3, -0.25) is 4.68 Å². The first-order valence-corrected chi connectivity index (χ1v) is 7.62. The van der Waals surface area contributed by atoms with E-state index in [-0.39, 0.29) is 0 Å². The highest BCUT2D eigenvalue weighted by atomic mass is 15.2. The molecule has 1 aromatic heterocycles. The number of hydrogen-bond donors (Lipinski definition) is 1. The van der Waals surface area contributed by atoms with Crippen molar-refractivity contribution in [1.82, 2.24) is 9.78 Å². The van der Waals surface area contributed by atoms with E-state index >= 15 is 0 Å². The lowest BCUT2D eigenvalue weighted by Crippen LogP contribution is -2.44. The van der Waals surface area contributed by atoms with Crippen LogP contribution in [0.25, 0.3) is 0 Å². The minimum atomic E-state index is 0.323. The highest BCUT2D eigenvalue weighted by Gasteiger charge is 2.36. The summed E-state index contributed by atoms with van der Waals surface area (Å²) in [6.45, 7) is 7.12. The van der Waals surface area contributed by atoms with Crippen molar-refractivity contribution in [2.24, 2.45) is 30.0 Å². The smallest absolute Gasteiger partial charge is 0.0492 e. The molecular formula is C16H29N3. The van der Waals surface area contributed by atoms with Crippen LogP contribution in [0.2, 0.25) is 0 Å². The van der Waals surface area contributed by atoms with E-state index in [1.165, 1.54) is 31.4 Å². The van der Waals surface area contributed by atoms with Gasteiger partial charge in [-0.05, 0) is 49.0 Å². The van der Waals surface area contributed by atoms with Crippen molar-refractivity contribution in [1.29, 1.82) is 0 Å². The second-order valence-corrected chi connectivity index (χ2v) is 7.12. The summed E-state index contributed by atoms with van der Waals surface area (Å²) < 4.78 is 1.99. The van der Waals surface area contributed by atoms with E-state index in [0.29, 0.717) is 17.4 Å². The van der Waals surface area contributed by atoms with Crippen LogP contribution in [-0.4, -0.2) is 15.8 Å². The molecule has 0 bridgehead atoms. The average molecular weight is 263 g/mol. The fourth-order valence-corrected chi connectivity index (χ4v) is 3.68. The molecule has 3 atom stereocenters. The van der Waals surface area contributed by atoms with E-state index < -0.39 is 0 Å². The molecule has 1 aliphatic rings. The number of nitrogens with zero attached hydrogens (tertiary/aromatic N) is 2. The van der Waals surface area contributed by atoms with Crippen molar-refractivity contribution < 1.29 is 0 Å². The van der Waals surface area contributed by atoms with Crippen LogP contribution in [0.15, 0.2) is 12.3 Å². The molecule has 0 spiro atoms. The predicted molar refractivity (Wildman–Crippen MR) is 79.8 cm³/mol. The second-order valence-electron chi connectivity index (χ2n) is 7.12. The van der Waals surface area contributed by atoms with Crippen LogP contribution in [0.3, 0.4) is 0 Å². The lowest BCUT2D eigenvalue weighted by Gasteiger charge is -2.43. The summed E-state index contributed by atoms with van der Waals surface area (Å²) in [5.41, 5.74) is 8.06. The van der Waals surface area contributed by atoms with Gasteiger partial charge in [0.25, 0.3) is 0 Å². The molecule has 3 nitrogen and oxygen atoms in total. The van der Waals surface area contributed by atoms with Gasteiger partial charge in [0, 0.05) is 25.0 Å². The third-order valence-electron chi connectivity index (χ3n) is 5.11. The normalized spacial score (nSPS) is 28.6. The van der Waals surface area contributed by atoms with E-state index in [4.69, 9.17) is 5.73 Å². The molecule has 2 rings (SSSR count). The van der Waals surface area contributed by atoms with Crippen LogP contribution < -0.4 is 5.73 Å². The zero-order valence-corrected chi connectivity index (χ0v) is 12.9. The van der Waals surface area contributed by atoms with Crippen LogP contribution in [0, 0.1) is 17.3 Å². The Balaban J connectivity index is 1.96. The monoisotopic (exact) mass is 263 g/mol. The molecule has 1 saturated carbocycles. The van der Waals surface area contributed by atoms with E-state index in [0.717, 1.165) is 12.3 Å². The Bertz CT molecular complexity index is 408. The fraction of sp³-hybridized carbons (Fsp3) is 0.812. The molecule has 0 aliphatic heterocycles. The van der Waals surface area contributed by atoms with Crippen molar-refractivity contribution >= 4 is 0 Å². The van der Waals surface area contributed by atoms with Gasteiger partial charge in [0.15, 0.2) is 0 Å². The van der Waals surface area contributed by atoms with Gasteiger partial charge < -0.3 is 5.73 Å². The molecule has 1 aromatic rings. The van der Waals surface area contributed by atoms with E-state index in [2.05, 4.69) is 31.9 Å². The summed E-state index contributed by atoms with van der Waals surface area (Å²) in [6.07, 6.45) is 8.01. The molecule has 1 aliphatic carbocycles. The van der Waals surface area contributed by atoms with Crippen molar-refractivity contribution in [2.75, 3.05) is 0 Å². The first-order chi connectivity index (χ1) is 8.90. The molecule has 0 radical (unpaired) electrons. The van der Waals surface area contributed by atoms with Gasteiger partial charge in [-0.2, -0.15) is 5.10 Å². The Kier molecular flexibility index (Phi) is 4.34. The molecule has 0 saturated heterocycles. The lowest BCUT2D eigenvalue weighted by molar-refractivity contribution is 0.104. The van der Waals surface area contributed by atoms with Crippen LogP contribution in [-0.2, 0) is 13.5 Å². The number of rotatable bonds is 4. The molecule has 0 amide bonds. The Morgan fingerprint density at radius 1 is 1.42 bits per heavy atom. The Morgan fingerprint density at radius 3 is 2.74 bits per heavy atom. The zero-order chi connectivity index (χ0) is 14.0. The Morgan fingerprint density at radius 2 is 2.16 bits per heavy atom. The minimum Gasteiger partial charge on any atom is -0.327 e. The van der Waals surface area contributed by atoms with Crippen LogP contribution in [0.1, 0.15) is 52.1 Å². The summed E-state index contributed by atoms with van der Waals surface area (Å²) in [4.78, 5) is 0. The maximum absolute atomic E-state index is 6.42. The Labute approximate surface area is 117 Å². The molecule has 1 fully saturated rings. The first-order valence-electron chi connectivity index (χ1n) is 7.62. The van der Waals surface area contributed by atoms with Gasteiger partial charge in [-0.25, -0.2) is 0 Å². The van der Waals surface area contributed by atoms with Crippen molar-refractivity contribution in [2.45, 2.75) is 58.9 Å². The molecule has 19 heavy (non-hydrogen) atoms. The summed E-state index contributed by atoms with van der Waals surface area (Å²) in [7, 11) is 2.02. The summed E-state index contributed by atoms with van der Waals surface area (Å²) in [5.74, 6) is 1.47. The standard InChI is InChI=1S/C16H29N3/c1-12-5-6-14(15(17)11-12)16(2,3)9-7-13-8-10-18-19(13)4/h8,10,12,14-15H,5-7,9,11,17H2,1-4H3. The number of hydrogen-bond acceptors (Lipinski definition) is 2.